The summed E-state index contributed by atoms with van der Waals surface area (Å²) in [6, 6.07) is 5.21. The number of esters is 1. The Morgan fingerprint density at radius 1 is 1.18 bits per heavy atom. The lowest BCUT2D eigenvalue weighted by Crippen LogP contribution is -2.61. The molecular weight excluding hydrogens is 500 g/mol. The average molecular weight is 537 g/mol. The molecule has 10 heteroatoms. The smallest absolute Gasteiger partial charge is 0.415 e. The molecule has 3 fully saturated rings. The second kappa shape index (κ2) is 9.75. The Balaban J connectivity index is 1.30. The molecule has 0 radical (unpaired) electrons. The van der Waals surface area contributed by atoms with Gasteiger partial charge in [-0.1, -0.05) is 20.8 Å². The summed E-state index contributed by atoms with van der Waals surface area (Å²) in [4.78, 5) is 49.8. The zero-order valence-corrected chi connectivity index (χ0v) is 22.8. The van der Waals surface area contributed by atoms with Crippen molar-refractivity contribution >= 4 is 28.9 Å². The summed E-state index contributed by atoms with van der Waals surface area (Å²) in [5, 5.41) is 12.1. The minimum atomic E-state index is -1.67. The van der Waals surface area contributed by atoms with Gasteiger partial charge in [-0.3, -0.25) is 9.78 Å². The molecule has 0 aliphatic carbocycles. The summed E-state index contributed by atoms with van der Waals surface area (Å²) in [5.41, 5.74) is 2.02. The second-order valence-corrected chi connectivity index (χ2v) is 11.1. The molecule has 0 spiro atoms. The van der Waals surface area contributed by atoms with Crippen LogP contribution in [0.2, 0.25) is 0 Å². The quantitative estimate of drug-likeness (QED) is 0.594. The van der Waals surface area contributed by atoms with Gasteiger partial charge < -0.3 is 29.3 Å². The lowest BCUT2D eigenvalue weighted by Gasteiger charge is -2.48. The summed E-state index contributed by atoms with van der Waals surface area (Å²) >= 11 is 0. The maximum atomic E-state index is 13.6. The summed E-state index contributed by atoms with van der Waals surface area (Å²) < 4.78 is 11.0. The first-order valence-electron chi connectivity index (χ1n) is 14.1. The van der Waals surface area contributed by atoms with Crippen molar-refractivity contribution in [3.8, 4) is 5.75 Å². The van der Waals surface area contributed by atoms with E-state index < -0.39 is 23.4 Å². The van der Waals surface area contributed by atoms with Crippen molar-refractivity contribution in [3.63, 3.8) is 0 Å². The third-order valence-corrected chi connectivity index (χ3v) is 9.33. The van der Waals surface area contributed by atoms with Gasteiger partial charge in [0.1, 0.15) is 12.4 Å². The lowest BCUT2D eigenvalue weighted by molar-refractivity contribution is -0.202. The highest BCUT2D eigenvalue weighted by Gasteiger charge is 2.59. The molecular formula is C29H36N4O6. The highest BCUT2D eigenvalue weighted by atomic mass is 16.6. The van der Waals surface area contributed by atoms with Crippen molar-refractivity contribution in [3.05, 3.63) is 35.0 Å². The Morgan fingerprint density at radius 2 is 1.95 bits per heavy atom. The van der Waals surface area contributed by atoms with Crippen LogP contribution in [0.4, 0.5) is 4.79 Å². The van der Waals surface area contributed by atoms with E-state index in [1.165, 1.54) is 0 Å². The van der Waals surface area contributed by atoms with Gasteiger partial charge in [0.05, 0.1) is 23.2 Å². The van der Waals surface area contributed by atoms with Gasteiger partial charge >= 0.3 is 12.1 Å². The first kappa shape index (κ1) is 26.0. The number of piperazine rings is 1. The van der Waals surface area contributed by atoms with Gasteiger partial charge in [-0.05, 0) is 55.1 Å². The van der Waals surface area contributed by atoms with E-state index in [0.29, 0.717) is 31.8 Å². The highest BCUT2D eigenvalue weighted by Crippen LogP contribution is 2.51. The van der Waals surface area contributed by atoms with Crippen molar-refractivity contribution in [2.45, 2.75) is 58.2 Å². The van der Waals surface area contributed by atoms with Gasteiger partial charge in [0, 0.05) is 44.0 Å². The number of cyclic esters (lactones) is 1. The number of aliphatic hydroxyl groups is 1. The topological polar surface area (TPSA) is 113 Å². The molecule has 3 saturated heterocycles. The fraction of sp³-hybridized carbons (Fsp3) is 0.586. The number of carbonyl (C=O) groups is 3. The maximum Gasteiger partial charge on any atom is 0.415 e. The average Bonchev–Trinajstić information content (AvgIpc) is 3.32. The third-order valence-electron chi connectivity index (χ3n) is 9.33. The molecule has 1 N–H and O–H groups in total. The molecule has 1 aromatic heterocycles. The number of hydrogen-bond acceptors (Lipinski definition) is 8. The van der Waals surface area contributed by atoms with E-state index in [4.69, 9.17) is 14.5 Å². The number of hydrogen-bond donors (Lipinski definition) is 1. The number of ether oxygens (including phenoxy) is 2. The van der Waals surface area contributed by atoms with Crippen molar-refractivity contribution < 1.29 is 29.0 Å². The molecule has 4 unspecified atom stereocenters. The minimum absolute atomic E-state index is 0.00245. The Morgan fingerprint density at radius 3 is 2.64 bits per heavy atom. The number of pyridine rings is 1. The van der Waals surface area contributed by atoms with Crippen molar-refractivity contribution in [2.24, 2.45) is 11.8 Å². The van der Waals surface area contributed by atoms with Crippen LogP contribution in [0.15, 0.2) is 18.2 Å². The monoisotopic (exact) mass is 536 g/mol. The van der Waals surface area contributed by atoms with Gasteiger partial charge in [-0.2, -0.15) is 0 Å². The van der Waals surface area contributed by atoms with Crippen LogP contribution >= 0.6 is 0 Å². The summed E-state index contributed by atoms with van der Waals surface area (Å²) in [6.45, 7) is 10.3. The maximum absolute atomic E-state index is 13.6. The molecule has 0 bridgehead atoms. The van der Waals surface area contributed by atoms with Crippen LogP contribution < -0.4 is 4.74 Å². The van der Waals surface area contributed by atoms with Gasteiger partial charge in [0.2, 0.25) is 5.91 Å². The summed E-state index contributed by atoms with van der Waals surface area (Å²) in [5.74, 6) is -1.32. The number of aromatic nitrogens is 1. The molecule has 5 heterocycles. The van der Waals surface area contributed by atoms with Gasteiger partial charge in [-0.15, -0.1) is 0 Å². The van der Waals surface area contributed by atoms with Gasteiger partial charge in [-0.25, -0.2) is 9.59 Å². The molecule has 208 valence electrons. The van der Waals surface area contributed by atoms with E-state index in [2.05, 4.69) is 18.7 Å². The Hall–Kier alpha value is -3.24. The molecule has 1 aromatic carbocycles. The number of benzene rings is 1. The van der Waals surface area contributed by atoms with E-state index in [1.54, 1.807) is 17.9 Å². The third kappa shape index (κ3) is 4.07. The molecule has 2 aromatic rings. The molecule has 39 heavy (non-hydrogen) atoms. The number of piperidine rings is 1. The lowest BCUT2D eigenvalue weighted by atomic mass is 9.69. The highest BCUT2D eigenvalue weighted by molar-refractivity contribution is 5.90. The molecule has 10 nitrogen and oxygen atoms in total. The Kier molecular flexibility index (Phi) is 6.50. The number of fused-ring (bicyclic) bond motifs is 5. The molecule has 4 aliphatic rings. The molecule has 0 saturated carbocycles. The first-order chi connectivity index (χ1) is 18.8. The number of carbonyl (C=O) groups excluding carboxylic acids is 3. The van der Waals surface area contributed by atoms with Gasteiger partial charge in [0.15, 0.2) is 5.60 Å². The van der Waals surface area contributed by atoms with Crippen LogP contribution in [-0.4, -0.2) is 87.7 Å². The first-order valence-corrected chi connectivity index (χ1v) is 14.1. The Bertz CT molecular complexity index is 1340. The van der Waals surface area contributed by atoms with E-state index in [0.717, 1.165) is 53.8 Å². The predicted octanol–water partition coefficient (Wildman–Crippen LogP) is 2.65. The van der Waals surface area contributed by atoms with E-state index >= 15 is 0 Å². The predicted molar refractivity (Wildman–Crippen MR) is 142 cm³/mol. The number of rotatable bonds is 4. The van der Waals surface area contributed by atoms with E-state index in [1.807, 2.05) is 17.0 Å². The molecule has 6 rings (SSSR count). The second-order valence-electron chi connectivity index (χ2n) is 11.1. The van der Waals surface area contributed by atoms with Crippen molar-refractivity contribution in [1.29, 1.82) is 0 Å². The van der Waals surface area contributed by atoms with Crippen LogP contribution in [0.1, 0.15) is 56.5 Å². The van der Waals surface area contributed by atoms with E-state index in [9.17, 15) is 19.5 Å². The number of amides is 2. The largest absolute Gasteiger partial charge is 0.463 e. The molecule has 4 atom stereocenters. The fourth-order valence-electron chi connectivity index (χ4n) is 6.95. The van der Waals surface area contributed by atoms with Crippen LogP contribution in [0.25, 0.3) is 10.9 Å². The van der Waals surface area contributed by atoms with Crippen molar-refractivity contribution in [1.82, 2.24) is 19.7 Å². The standard InChI is InChI=1S/C29H36N4O6/c1-4-18-19-13-17(39-28(36)32-11-9-31(6-3)10-12-32)7-8-23(19)30-25-20(18)15-33-24(25)14-22-21(26(33)34)16-38-27(35)29(22,37)5-2/h7-8,13,21-22,24,37H,4-6,9-12,14-16H2,1-3H3. The number of likely N-dealkylation sites (N-methyl/N-ethyl adjacent to an activating group) is 1. The number of aryl methyl sites for hydroxylation is 1. The van der Waals surface area contributed by atoms with Crippen LogP contribution in [0, 0.1) is 11.8 Å². The zero-order valence-electron chi connectivity index (χ0n) is 22.8. The Labute approximate surface area is 227 Å². The SMILES string of the molecule is CCc1c2c(nc3ccc(OC(=O)N4CCN(CC)CC4)cc13)C1CC3C(COC(=O)C3(O)CC)C(=O)N1C2. The van der Waals surface area contributed by atoms with E-state index in [-0.39, 0.29) is 31.1 Å². The van der Waals surface area contributed by atoms with Gasteiger partial charge in [0.25, 0.3) is 0 Å². The van der Waals surface area contributed by atoms with Crippen LogP contribution in [0.5, 0.6) is 5.75 Å². The summed E-state index contributed by atoms with van der Waals surface area (Å²) in [7, 11) is 0. The number of nitrogens with zero attached hydrogens (tertiary/aromatic N) is 4. The summed E-state index contributed by atoms with van der Waals surface area (Å²) in [6.07, 6.45) is 1.04. The zero-order chi connectivity index (χ0) is 27.5. The van der Waals surface area contributed by atoms with Crippen LogP contribution in [-0.2, 0) is 27.3 Å². The normalized spacial score (nSPS) is 28.7. The minimum Gasteiger partial charge on any atom is -0.463 e. The molecule has 2 amide bonds. The van der Waals surface area contributed by atoms with Crippen LogP contribution in [0.3, 0.4) is 0 Å². The van der Waals surface area contributed by atoms with Crippen molar-refractivity contribution in [2.75, 3.05) is 39.3 Å². The fourth-order valence-corrected chi connectivity index (χ4v) is 6.95. The molecule has 4 aliphatic heterocycles.